The molecule has 1 fully saturated rings. The number of ether oxygens (including phenoxy) is 1. The summed E-state index contributed by atoms with van der Waals surface area (Å²) in [6.07, 6.45) is 1.03. The molecule has 0 aromatic carbocycles. The Bertz CT molecular complexity index is 510. The predicted molar refractivity (Wildman–Crippen MR) is 98.5 cm³/mol. The molecule has 24 heavy (non-hydrogen) atoms. The Morgan fingerprint density at radius 1 is 1.33 bits per heavy atom. The van der Waals surface area contributed by atoms with E-state index in [0.717, 1.165) is 0 Å². The van der Waals surface area contributed by atoms with Gasteiger partial charge in [-0.1, -0.05) is 40.7 Å². The largest absolute Gasteiger partial charge is 0.447 e. The number of cyclic esters (lactones) is 1. The Morgan fingerprint density at radius 3 is 2.29 bits per heavy atom. The lowest BCUT2D eigenvalue weighted by molar-refractivity contribution is -0.146. The minimum atomic E-state index is -1.01. The number of nitrogens with zero attached hydrogens (tertiary/aromatic N) is 1. The fourth-order valence-electron chi connectivity index (χ4n) is 2.55. The van der Waals surface area contributed by atoms with Crippen LogP contribution in [0.3, 0.4) is 0 Å². The maximum absolute atomic E-state index is 13.3. The second-order valence-electron chi connectivity index (χ2n) is 8.83. The molecule has 0 aromatic rings. The van der Waals surface area contributed by atoms with Crippen LogP contribution in [0.5, 0.6) is 0 Å². The van der Waals surface area contributed by atoms with Gasteiger partial charge < -0.3 is 9.16 Å². The van der Waals surface area contributed by atoms with Gasteiger partial charge in [-0.3, -0.25) is 4.79 Å². The second kappa shape index (κ2) is 7.00. The molecule has 2 atom stereocenters. The van der Waals surface area contributed by atoms with Crippen molar-refractivity contribution in [3.63, 3.8) is 0 Å². The summed E-state index contributed by atoms with van der Waals surface area (Å²) in [5.41, 5.74) is -1.77. The first-order valence-corrected chi connectivity index (χ1v) is 9.83. The summed E-state index contributed by atoms with van der Waals surface area (Å²) in [6, 6.07) is -0.250. The zero-order valence-corrected chi connectivity index (χ0v) is 17.8. The van der Waals surface area contributed by atoms with Crippen molar-refractivity contribution in [3.05, 3.63) is 12.7 Å². The van der Waals surface area contributed by atoms with E-state index >= 15 is 0 Å². The van der Waals surface area contributed by atoms with Crippen LogP contribution < -0.4 is 0 Å². The normalized spacial score (nSPS) is 22.1. The second-order valence-corrected chi connectivity index (χ2v) is 11.5. The molecule has 1 heterocycles. The van der Waals surface area contributed by atoms with Crippen LogP contribution in [0.15, 0.2) is 12.7 Å². The molecular weight excluding hydrogens is 322 g/mol. The number of rotatable bonds is 6. The molecule has 1 saturated heterocycles. The first kappa shape index (κ1) is 20.9. The van der Waals surface area contributed by atoms with Crippen LogP contribution in [0.1, 0.15) is 55.4 Å². The van der Waals surface area contributed by atoms with E-state index in [1.165, 1.54) is 4.90 Å². The summed E-state index contributed by atoms with van der Waals surface area (Å²) < 4.78 is 11.4. The predicted octanol–water partition coefficient (Wildman–Crippen LogP) is 3.28. The fourth-order valence-corrected chi connectivity index (χ4v) is 3.64. The fraction of sp³-hybridized carbons (Fsp3) is 0.778. The van der Waals surface area contributed by atoms with Gasteiger partial charge >= 0.3 is 6.09 Å². The van der Waals surface area contributed by atoms with Crippen LogP contribution in [0.25, 0.3) is 0 Å². The first-order valence-electron chi connectivity index (χ1n) is 8.55. The highest BCUT2D eigenvalue weighted by molar-refractivity contribution is 6.32. The molecule has 2 amide bonds. The molecule has 1 rings (SSSR count). The molecule has 0 radical (unpaired) electrons. The van der Waals surface area contributed by atoms with Crippen molar-refractivity contribution in [1.82, 2.24) is 4.90 Å². The van der Waals surface area contributed by atoms with E-state index in [0.29, 0.717) is 0 Å². The molecule has 1 aliphatic rings. The van der Waals surface area contributed by atoms with Crippen LogP contribution in [0.4, 0.5) is 4.79 Å². The Labute approximate surface area is 148 Å². The van der Waals surface area contributed by atoms with Gasteiger partial charge in [0.25, 0.3) is 0 Å². The van der Waals surface area contributed by atoms with Crippen LogP contribution in [-0.2, 0) is 14.0 Å². The van der Waals surface area contributed by atoms with Gasteiger partial charge in [-0.15, -0.1) is 6.58 Å². The van der Waals surface area contributed by atoms with Crippen LogP contribution in [-0.4, -0.2) is 44.9 Å². The highest BCUT2D eigenvalue weighted by Gasteiger charge is 2.53. The summed E-state index contributed by atoms with van der Waals surface area (Å²) in [7, 11) is -0.874. The van der Waals surface area contributed by atoms with Gasteiger partial charge in [0.15, 0.2) is 9.76 Å². The minimum absolute atomic E-state index is 0.107. The third-order valence-electron chi connectivity index (χ3n) is 4.86. The van der Waals surface area contributed by atoms with Gasteiger partial charge in [-0.2, -0.15) is 0 Å². The molecule has 1 aliphatic heterocycles. The molecule has 0 spiro atoms. The van der Waals surface area contributed by atoms with Crippen molar-refractivity contribution in [3.8, 4) is 0 Å². The van der Waals surface area contributed by atoms with Gasteiger partial charge in [0.1, 0.15) is 6.61 Å². The number of amides is 2. The summed E-state index contributed by atoms with van der Waals surface area (Å²) in [4.78, 5) is 26.7. The van der Waals surface area contributed by atoms with Crippen molar-refractivity contribution >= 4 is 21.8 Å². The topological polar surface area (TPSA) is 55.8 Å². The molecule has 138 valence electrons. The quantitative estimate of drug-likeness (QED) is 0.542. The molecular formula is C18H33NO4Si. The Kier molecular flexibility index (Phi) is 6.10. The molecule has 0 unspecified atom stereocenters. The van der Waals surface area contributed by atoms with Crippen molar-refractivity contribution in [2.24, 2.45) is 11.3 Å². The first-order chi connectivity index (χ1) is 10.8. The Balaban J connectivity index is 3.14. The smallest absolute Gasteiger partial charge is 0.417 e. The van der Waals surface area contributed by atoms with Crippen molar-refractivity contribution in [2.45, 2.75) is 72.1 Å². The molecule has 5 nitrogen and oxygen atoms in total. The SMILES string of the molecule is C=C[C@@](C)(C(=O)N1C(=O)OC[C@H]1C(C)C)C(C)(C)O[SiH2]C(C)(C)C. The molecule has 0 aromatic heterocycles. The maximum atomic E-state index is 13.3. The number of carbonyl (C=O) groups excluding carboxylic acids is 2. The van der Waals surface area contributed by atoms with Crippen LogP contribution >= 0.6 is 0 Å². The lowest BCUT2D eigenvalue weighted by Gasteiger charge is -2.44. The molecule has 6 heteroatoms. The number of carbonyl (C=O) groups is 2. The third kappa shape index (κ3) is 4.09. The van der Waals surface area contributed by atoms with Crippen molar-refractivity contribution in [1.29, 1.82) is 0 Å². The number of hydrogen-bond donors (Lipinski definition) is 0. The summed E-state index contributed by atoms with van der Waals surface area (Å²) in [5, 5.41) is 0.107. The molecule has 0 N–H and O–H groups in total. The maximum Gasteiger partial charge on any atom is 0.417 e. The van der Waals surface area contributed by atoms with E-state index in [1.807, 2.05) is 27.7 Å². The molecule has 0 saturated carbocycles. The van der Waals surface area contributed by atoms with Gasteiger partial charge in [-0.05, 0) is 31.7 Å². The van der Waals surface area contributed by atoms with Gasteiger partial charge in [0.2, 0.25) is 5.91 Å². The van der Waals surface area contributed by atoms with Gasteiger partial charge in [-0.25, -0.2) is 9.69 Å². The van der Waals surface area contributed by atoms with Gasteiger partial charge in [0, 0.05) is 0 Å². The monoisotopic (exact) mass is 355 g/mol. The van der Waals surface area contributed by atoms with Crippen molar-refractivity contribution in [2.75, 3.05) is 6.61 Å². The highest BCUT2D eigenvalue weighted by Crippen LogP contribution is 2.40. The number of hydrogen-bond acceptors (Lipinski definition) is 4. The molecule has 0 aliphatic carbocycles. The van der Waals surface area contributed by atoms with E-state index in [-0.39, 0.29) is 29.5 Å². The van der Waals surface area contributed by atoms with Crippen LogP contribution in [0.2, 0.25) is 5.04 Å². The lowest BCUT2D eigenvalue weighted by Crippen LogP contribution is -2.57. The number of imide groups is 1. The highest BCUT2D eigenvalue weighted by atomic mass is 28.2. The lowest BCUT2D eigenvalue weighted by atomic mass is 9.74. The zero-order chi connectivity index (χ0) is 18.9. The molecule has 0 bridgehead atoms. The van der Waals surface area contributed by atoms with Crippen LogP contribution in [0, 0.1) is 11.3 Å². The summed E-state index contributed by atoms with van der Waals surface area (Å²) >= 11 is 0. The Morgan fingerprint density at radius 2 is 1.88 bits per heavy atom. The Hall–Kier alpha value is -1.14. The standard InChI is InChI=1S/C18H33NO4Si/c1-10-18(9,17(7,8)23-24-16(4,5)6)14(20)19-13(12(2)3)11-22-15(19)21/h10,12-13H,1,11,24H2,2-9H3/t13-,18-/m0/s1. The zero-order valence-electron chi connectivity index (χ0n) is 16.4. The van der Waals surface area contributed by atoms with E-state index in [2.05, 4.69) is 27.4 Å². The average Bonchev–Trinajstić information content (AvgIpc) is 2.84. The third-order valence-corrected chi connectivity index (χ3v) is 6.60. The summed E-state index contributed by atoms with van der Waals surface area (Å²) in [5.74, 6) is -0.172. The minimum Gasteiger partial charge on any atom is -0.447 e. The van der Waals surface area contributed by atoms with E-state index in [9.17, 15) is 9.59 Å². The van der Waals surface area contributed by atoms with Crippen molar-refractivity contribution < 1.29 is 18.8 Å². The van der Waals surface area contributed by atoms with E-state index in [1.54, 1.807) is 13.0 Å². The summed E-state index contributed by atoms with van der Waals surface area (Å²) in [6.45, 7) is 20.1. The average molecular weight is 356 g/mol. The van der Waals surface area contributed by atoms with E-state index < -0.39 is 26.9 Å². The van der Waals surface area contributed by atoms with Gasteiger partial charge in [0.05, 0.1) is 17.1 Å². The van der Waals surface area contributed by atoms with E-state index in [4.69, 9.17) is 9.16 Å².